The van der Waals surface area contributed by atoms with Gasteiger partial charge in [-0.1, -0.05) is 11.6 Å². The average molecular weight is 318 g/mol. The van der Waals surface area contributed by atoms with Crippen molar-refractivity contribution < 1.29 is 4.74 Å². The highest BCUT2D eigenvalue weighted by Gasteiger charge is 2.05. The number of benzene rings is 1. The number of hydrogen-bond donors (Lipinski definition) is 1. The lowest BCUT2D eigenvalue weighted by Gasteiger charge is -2.08. The van der Waals surface area contributed by atoms with E-state index in [-0.39, 0.29) is 0 Å². The first-order valence-electron chi connectivity index (χ1n) is 6.92. The second-order valence-electron chi connectivity index (χ2n) is 4.82. The molecule has 114 valence electrons. The number of hydrogen-bond acceptors (Lipinski definition) is 5. The molecule has 0 atom stereocenters. The van der Waals surface area contributed by atoms with Crippen molar-refractivity contribution in [1.82, 2.24) is 19.7 Å². The van der Waals surface area contributed by atoms with Crippen molar-refractivity contribution in [3.05, 3.63) is 47.5 Å². The third kappa shape index (κ3) is 3.35. The Morgan fingerprint density at radius 1 is 1.27 bits per heavy atom. The summed E-state index contributed by atoms with van der Waals surface area (Å²) < 4.78 is 7.03. The van der Waals surface area contributed by atoms with Gasteiger partial charge in [0.05, 0.1) is 18.7 Å². The number of anilines is 1. The molecule has 7 heteroatoms. The van der Waals surface area contributed by atoms with E-state index < -0.39 is 0 Å². The maximum atomic E-state index is 5.97. The molecule has 1 N–H and O–H groups in total. The van der Waals surface area contributed by atoms with Gasteiger partial charge in [0.1, 0.15) is 12.1 Å². The quantitative estimate of drug-likeness (QED) is 0.757. The third-order valence-corrected chi connectivity index (χ3v) is 3.55. The second-order valence-corrected chi connectivity index (χ2v) is 5.26. The van der Waals surface area contributed by atoms with Crippen LogP contribution >= 0.6 is 11.6 Å². The zero-order chi connectivity index (χ0) is 15.4. The van der Waals surface area contributed by atoms with Gasteiger partial charge in [0.15, 0.2) is 5.82 Å². The summed E-state index contributed by atoms with van der Waals surface area (Å²) in [6.07, 6.45) is 1.70. The van der Waals surface area contributed by atoms with Crippen LogP contribution < -0.4 is 5.32 Å². The lowest BCUT2D eigenvalue weighted by Crippen LogP contribution is -2.11. The van der Waals surface area contributed by atoms with Crippen LogP contribution in [0, 0.1) is 0 Å². The van der Waals surface area contributed by atoms with Gasteiger partial charge in [-0.05, 0) is 30.3 Å². The van der Waals surface area contributed by atoms with Crippen LogP contribution in [0.25, 0.3) is 10.9 Å². The van der Waals surface area contributed by atoms with E-state index in [0.717, 1.165) is 29.1 Å². The molecule has 6 nitrogen and oxygen atoms in total. The lowest BCUT2D eigenvalue weighted by atomic mass is 10.2. The Morgan fingerprint density at radius 2 is 2.18 bits per heavy atom. The Bertz CT molecular complexity index is 773. The molecule has 22 heavy (non-hydrogen) atoms. The van der Waals surface area contributed by atoms with Gasteiger partial charge < -0.3 is 14.6 Å². The topological polar surface area (TPSA) is 64.9 Å². The molecule has 3 rings (SSSR count). The molecule has 2 aromatic heterocycles. The number of ether oxygens (including phenoxy) is 1. The van der Waals surface area contributed by atoms with Crippen LogP contribution in [0.3, 0.4) is 0 Å². The summed E-state index contributed by atoms with van der Waals surface area (Å²) in [4.78, 5) is 4.56. The molecule has 0 aliphatic carbocycles. The van der Waals surface area contributed by atoms with E-state index in [9.17, 15) is 0 Å². The number of pyridine rings is 1. The van der Waals surface area contributed by atoms with Crippen molar-refractivity contribution in [3.8, 4) is 0 Å². The molecule has 2 heterocycles. The van der Waals surface area contributed by atoms with Gasteiger partial charge in [-0.25, -0.2) is 4.98 Å². The number of aromatic nitrogens is 4. The van der Waals surface area contributed by atoms with E-state index >= 15 is 0 Å². The minimum absolute atomic E-state index is 0.551. The highest BCUT2D eigenvalue weighted by molar-refractivity contribution is 6.31. The average Bonchev–Trinajstić information content (AvgIpc) is 2.98. The molecule has 0 aliphatic rings. The predicted molar refractivity (Wildman–Crippen MR) is 86.0 cm³/mol. The second kappa shape index (κ2) is 6.72. The van der Waals surface area contributed by atoms with E-state index in [1.54, 1.807) is 13.4 Å². The van der Waals surface area contributed by atoms with Crippen LogP contribution in [0.5, 0.6) is 0 Å². The van der Waals surface area contributed by atoms with Gasteiger partial charge >= 0.3 is 0 Å². The number of nitrogens with zero attached hydrogens (tertiary/aromatic N) is 4. The van der Waals surface area contributed by atoms with Crippen molar-refractivity contribution in [2.45, 2.75) is 13.1 Å². The first-order chi connectivity index (χ1) is 10.8. The molecular formula is C15H16ClN5O. The first-order valence-corrected chi connectivity index (χ1v) is 7.30. The minimum Gasteiger partial charge on any atom is -0.383 e. The van der Waals surface area contributed by atoms with Crippen LogP contribution in [0.1, 0.15) is 5.82 Å². The molecule has 0 saturated heterocycles. The monoisotopic (exact) mass is 317 g/mol. The largest absolute Gasteiger partial charge is 0.383 e. The van der Waals surface area contributed by atoms with Gasteiger partial charge in [-0.3, -0.25) is 0 Å². The van der Waals surface area contributed by atoms with Crippen LogP contribution in [0.4, 0.5) is 5.82 Å². The van der Waals surface area contributed by atoms with Gasteiger partial charge in [-0.15, -0.1) is 10.2 Å². The van der Waals surface area contributed by atoms with Crippen molar-refractivity contribution >= 4 is 28.3 Å². The summed E-state index contributed by atoms with van der Waals surface area (Å²) in [6.45, 7) is 1.90. The highest BCUT2D eigenvalue weighted by atomic mass is 35.5. The van der Waals surface area contributed by atoms with Crippen molar-refractivity contribution in [1.29, 1.82) is 0 Å². The Labute approximate surface area is 133 Å². The van der Waals surface area contributed by atoms with E-state index in [1.165, 1.54) is 0 Å². The maximum Gasteiger partial charge on any atom is 0.152 e. The maximum absolute atomic E-state index is 5.97. The summed E-state index contributed by atoms with van der Waals surface area (Å²) in [5.41, 5.74) is 0.898. The summed E-state index contributed by atoms with van der Waals surface area (Å²) in [7, 11) is 1.67. The Kier molecular flexibility index (Phi) is 4.50. The van der Waals surface area contributed by atoms with E-state index in [1.807, 2.05) is 34.9 Å². The zero-order valence-corrected chi connectivity index (χ0v) is 12.9. The molecule has 1 aromatic carbocycles. The molecule has 3 aromatic rings. The molecule has 0 saturated carbocycles. The van der Waals surface area contributed by atoms with Gasteiger partial charge in [0, 0.05) is 24.1 Å². The Balaban J connectivity index is 1.71. The zero-order valence-electron chi connectivity index (χ0n) is 12.2. The Hall–Kier alpha value is -2.18. The fraction of sp³-hybridized carbons (Fsp3) is 0.267. The summed E-state index contributed by atoms with van der Waals surface area (Å²) in [6, 6.07) is 9.56. The van der Waals surface area contributed by atoms with E-state index in [2.05, 4.69) is 20.5 Å². The van der Waals surface area contributed by atoms with Crippen LogP contribution in [-0.2, 0) is 17.8 Å². The smallest absolute Gasteiger partial charge is 0.152 e. The molecular weight excluding hydrogens is 302 g/mol. The molecule has 0 radical (unpaired) electrons. The van der Waals surface area contributed by atoms with E-state index in [4.69, 9.17) is 16.3 Å². The van der Waals surface area contributed by atoms with Crippen LogP contribution in [0.15, 0.2) is 36.7 Å². The van der Waals surface area contributed by atoms with Gasteiger partial charge in [0.25, 0.3) is 0 Å². The number of methoxy groups -OCH3 is 1. The SMILES string of the molecule is COCCn1cnnc1CNc1ccc2cc(Cl)ccc2n1. The molecule has 0 fully saturated rings. The normalized spacial score (nSPS) is 11.0. The first kappa shape index (κ1) is 14.7. The number of nitrogens with one attached hydrogen (secondary N) is 1. The molecule has 0 aliphatic heterocycles. The van der Waals surface area contributed by atoms with E-state index in [0.29, 0.717) is 18.2 Å². The van der Waals surface area contributed by atoms with Crippen molar-refractivity contribution in [2.75, 3.05) is 19.0 Å². The number of fused-ring (bicyclic) bond motifs is 1. The molecule has 0 spiro atoms. The van der Waals surface area contributed by atoms with Crippen LogP contribution in [0.2, 0.25) is 5.02 Å². The molecule has 0 bridgehead atoms. The van der Waals surface area contributed by atoms with Crippen LogP contribution in [-0.4, -0.2) is 33.5 Å². The van der Waals surface area contributed by atoms with Gasteiger partial charge in [-0.2, -0.15) is 0 Å². The third-order valence-electron chi connectivity index (χ3n) is 3.31. The predicted octanol–water partition coefficient (Wildman–Crippen LogP) is 2.74. The summed E-state index contributed by atoms with van der Waals surface area (Å²) in [5.74, 6) is 1.63. The number of rotatable bonds is 6. The fourth-order valence-electron chi connectivity index (χ4n) is 2.16. The standard InChI is InChI=1S/C15H16ClN5O/c1-22-7-6-21-10-18-20-15(21)9-17-14-5-2-11-8-12(16)3-4-13(11)19-14/h2-5,8,10H,6-7,9H2,1H3,(H,17,19). The van der Waals surface area contributed by atoms with Crippen molar-refractivity contribution in [2.24, 2.45) is 0 Å². The molecule has 0 amide bonds. The molecule has 0 unspecified atom stereocenters. The summed E-state index contributed by atoms with van der Waals surface area (Å²) in [5, 5.41) is 13.0. The fourth-order valence-corrected chi connectivity index (χ4v) is 2.34. The number of halogens is 1. The Morgan fingerprint density at radius 3 is 3.05 bits per heavy atom. The highest BCUT2D eigenvalue weighted by Crippen LogP contribution is 2.19. The van der Waals surface area contributed by atoms with Crippen molar-refractivity contribution in [3.63, 3.8) is 0 Å². The lowest BCUT2D eigenvalue weighted by molar-refractivity contribution is 0.186. The van der Waals surface area contributed by atoms with Gasteiger partial charge in [0.2, 0.25) is 0 Å². The summed E-state index contributed by atoms with van der Waals surface area (Å²) >= 11 is 5.97. The minimum atomic E-state index is 0.551.